The summed E-state index contributed by atoms with van der Waals surface area (Å²) in [5.74, 6) is 0.0278. The van der Waals surface area contributed by atoms with Gasteiger partial charge in [-0.15, -0.1) is 11.3 Å². The summed E-state index contributed by atoms with van der Waals surface area (Å²) in [6.45, 7) is 4.09. The van der Waals surface area contributed by atoms with E-state index in [2.05, 4.69) is 15.0 Å². The summed E-state index contributed by atoms with van der Waals surface area (Å²) in [7, 11) is -3.58. The summed E-state index contributed by atoms with van der Waals surface area (Å²) < 4.78 is 26.4. The van der Waals surface area contributed by atoms with Gasteiger partial charge < -0.3 is 5.32 Å². The number of amides is 1. The number of nitrogens with zero attached hydrogens (tertiary/aromatic N) is 1. The Bertz CT molecular complexity index is 755. The smallest absolute Gasteiger partial charge is 0.240 e. The third-order valence-electron chi connectivity index (χ3n) is 3.06. The molecule has 0 aliphatic carbocycles. The zero-order valence-corrected chi connectivity index (χ0v) is 14.6. The first kappa shape index (κ1) is 17.6. The minimum absolute atomic E-state index is 0.0332. The number of nitrogens with one attached hydrogen (secondary N) is 2. The molecule has 0 saturated heterocycles. The first-order valence-corrected chi connectivity index (χ1v) is 9.55. The van der Waals surface area contributed by atoms with E-state index in [9.17, 15) is 13.2 Å². The van der Waals surface area contributed by atoms with Crippen LogP contribution in [0.3, 0.4) is 0 Å². The predicted molar refractivity (Wildman–Crippen MR) is 91.1 cm³/mol. The second kappa shape index (κ2) is 7.67. The number of sulfonamides is 1. The first-order valence-electron chi connectivity index (χ1n) is 7.18. The van der Waals surface area contributed by atoms with E-state index < -0.39 is 10.0 Å². The summed E-state index contributed by atoms with van der Waals surface area (Å²) in [5.41, 5.74) is 0.926. The van der Waals surface area contributed by atoms with Crippen molar-refractivity contribution >= 4 is 32.4 Å². The Morgan fingerprint density at radius 2 is 1.96 bits per heavy atom. The Labute approximate surface area is 140 Å². The molecule has 1 aromatic heterocycles. The van der Waals surface area contributed by atoms with Crippen LogP contribution in [0.15, 0.2) is 40.6 Å². The number of carbonyl (C=O) groups excluding carboxylic acids is 1. The lowest BCUT2D eigenvalue weighted by atomic mass is 10.2. The van der Waals surface area contributed by atoms with Gasteiger partial charge in [-0.2, -0.15) is 0 Å². The molecule has 2 aromatic rings. The van der Waals surface area contributed by atoms with Gasteiger partial charge in [-0.3, -0.25) is 4.79 Å². The second-order valence-corrected chi connectivity index (χ2v) is 7.87. The third-order valence-corrected chi connectivity index (χ3v) is 5.31. The maximum absolute atomic E-state index is 12.0. The van der Waals surface area contributed by atoms with Crippen molar-refractivity contribution in [3.63, 3.8) is 0 Å². The fourth-order valence-corrected chi connectivity index (χ4v) is 3.71. The summed E-state index contributed by atoms with van der Waals surface area (Å²) in [5, 5.41) is 5.11. The highest BCUT2D eigenvalue weighted by Crippen LogP contribution is 2.21. The highest BCUT2D eigenvalue weighted by atomic mass is 32.2. The summed E-state index contributed by atoms with van der Waals surface area (Å²) >= 11 is 1.36. The molecule has 23 heavy (non-hydrogen) atoms. The minimum Gasteiger partial charge on any atom is -0.302 e. The van der Waals surface area contributed by atoms with Gasteiger partial charge >= 0.3 is 0 Å². The Kier molecular flexibility index (Phi) is 5.86. The molecule has 0 aliphatic rings. The third kappa shape index (κ3) is 5.12. The molecule has 0 unspecified atom stereocenters. The van der Waals surface area contributed by atoms with Crippen molar-refractivity contribution in [2.24, 2.45) is 0 Å². The summed E-state index contributed by atoms with van der Waals surface area (Å²) in [6, 6.07) is 8.05. The molecule has 0 radical (unpaired) electrons. The molecule has 0 atom stereocenters. The average molecular weight is 353 g/mol. The Balaban J connectivity index is 1.82. The molecule has 2 rings (SSSR count). The van der Waals surface area contributed by atoms with E-state index in [1.54, 1.807) is 18.2 Å². The van der Waals surface area contributed by atoms with Crippen LogP contribution in [0.2, 0.25) is 0 Å². The van der Waals surface area contributed by atoms with E-state index >= 15 is 0 Å². The van der Waals surface area contributed by atoms with Gasteiger partial charge in [-0.05, 0) is 18.1 Å². The largest absolute Gasteiger partial charge is 0.302 e. The fraction of sp³-hybridized carbons (Fsp3) is 0.333. The molecular weight excluding hydrogens is 334 g/mol. The molecule has 8 heteroatoms. The number of benzene rings is 1. The lowest BCUT2D eigenvalue weighted by Gasteiger charge is -2.06. The maximum atomic E-state index is 12.0. The van der Waals surface area contributed by atoms with Crippen LogP contribution in [0.4, 0.5) is 5.13 Å². The molecule has 1 amide bonds. The van der Waals surface area contributed by atoms with Gasteiger partial charge in [0.25, 0.3) is 0 Å². The molecule has 0 aliphatic heterocycles. The van der Waals surface area contributed by atoms with E-state index in [1.165, 1.54) is 23.5 Å². The fourth-order valence-electron chi connectivity index (χ4n) is 1.77. The number of aromatic nitrogens is 1. The first-order chi connectivity index (χ1) is 10.9. The van der Waals surface area contributed by atoms with Crippen LogP contribution in [0, 0.1) is 0 Å². The second-order valence-electron chi connectivity index (χ2n) is 5.24. The predicted octanol–water partition coefficient (Wildman–Crippen LogP) is 2.57. The average Bonchev–Trinajstić information content (AvgIpc) is 2.96. The van der Waals surface area contributed by atoms with E-state index in [1.807, 2.05) is 19.2 Å². The zero-order chi connectivity index (χ0) is 16.9. The van der Waals surface area contributed by atoms with Gasteiger partial charge in [-0.1, -0.05) is 32.0 Å². The van der Waals surface area contributed by atoms with Crippen molar-refractivity contribution in [1.82, 2.24) is 9.71 Å². The quantitative estimate of drug-likeness (QED) is 0.801. The van der Waals surface area contributed by atoms with Gasteiger partial charge in [0.05, 0.1) is 10.6 Å². The van der Waals surface area contributed by atoms with Crippen molar-refractivity contribution in [2.75, 3.05) is 11.9 Å². The van der Waals surface area contributed by atoms with Crippen molar-refractivity contribution in [2.45, 2.75) is 31.1 Å². The number of carbonyl (C=O) groups is 1. The van der Waals surface area contributed by atoms with E-state index in [-0.39, 0.29) is 23.8 Å². The summed E-state index contributed by atoms with van der Waals surface area (Å²) in [6.07, 6.45) is 0.0443. The van der Waals surface area contributed by atoms with Crippen LogP contribution >= 0.6 is 11.3 Å². The van der Waals surface area contributed by atoms with E-state index in [4.69, 9.17) is 0 Å². The van der Waals surface area contributed by atoms with Crippen molar-refractivity contribution in [1.29, 1.82) is 0 Å². The number of hydrogen-bond acceptors (Lipinski definition) is 5. The van der Waals surface area contributed by atoms with Gasteiger partial charge in [0.2, 0.25) is 15.9 Å². The molecular formula is C15H19N3O3S2. The van der Waals surface area contributed by atoms with Gasteiger partial charge in [0, 0.05) is 18.3 Å². The molecule has 2 N–H and O–H groups in total. The molecule has 6 nitrogen and oxygen atoms in total. The van der Waals surface area contributed by atoms with Crippen LogP contribution in [-0.4, -0.2) is 25.9 Å². The van der Waals surface area contributed by atoms with Crippen LogP contribution in [-0.2, 0) is 14.8 Å². The number of rotatable bonds is 7. The van der Waals surface area contributed by atoms with E-state index in [0.717, 1.165) is 5.69 Å². The maximum Gasteiger partial charge on any atom is 0.240 e. The summed E-state index contributed by atoms with van der Waals surface area (Å²) in [4.78, 5) is 16.3. The lowest BCUT2D eigenvalue weighted by molar-refractivity contribution is -0.116. The number of thiazole rings is 1. The molecule has 0 fully saturated rings. The lowest BCUT2D eigenvalue weighted by Crippen LogP contribution is -2.27. The highest BCUT2D eigenvalue weighted by molar-refractivity contribution is 7.89. The number of anilines is 1. The molecule has 0 saturated carbocycles. The minimum atomic E-state index is -3.58. The Morgan fingerprint density at radius 3 is 2.57 bits per heavy atom. The van der Waals surface area contributed by atoms with Crippen molar-refractivity contribution in [3.8, 4) is 0 Å². The van der Waals surface area contributed by atoms with Gasteiger partial charge in [0.15, 0.2) is 5.13 Å². The van der Waals surface area contributed by atoms with Crippen molar-refractivity contribution < 1.29 is 13.2 Å². The highest BCUT2D eigenvalue weighted by Gasteiger charge is 2.14. The Morgan fingerprint density at radius 1 is 1.26 bits per heavy atom. The topological polar surface area (TPSA) is 88.2 Å². The Hall–Kier alpha value is -1.77. The molecule has 1 aromatic carbocycles. The van der Waals surface area contributed by atoms with Crippen LogP contribution in [0.1, 0.15) is 31.9 Å². The van der Waals surface area contributed by atoms with Gasteiger partial charge in [-0.25, -0.2) is 18.1 Å². The van der Waals surface area contributed by atoms with Crippen molar-refractivity contribution in [3.05, 3.63) is 41.4 Å². The van der Waals surface area contributed by atoms with Crippen LogP contribution < -0.4 is 10.0 Å². The zero-order valence-electron chi connectivity index (χ0n) is 12.9. The standard InChI is InChI=1S/C15H19N3O3S2/c1-11(2)13-10-22-15(17-13)18-14(19)8-9-16-23(20,21)12-6-4-3-5-7-12/h3-7,10-11,16H,8-9H2,1-2H3,(H,17,18,19). The van der Waals surface area contributed by atoms with Crippen LogP contribution in [0.5, 0.6) is 0 Å². The molecule has 124 valence electrons. The normalized spacial score (nSPS) is 11.6. The number of hydrogen-bond donors (Lipinski definition) is 2. The van der Waals surface area contributed by atoms with Crippen LogP contribution in [0.25, 0.3) is 0 Å². The SMILES string of the molecule is CC(C)c1csc(NC(=O)CCNS(=O)(=O)c2ccccc2)n1. The monoisotopic (exact) mass is 353 g/mol. The molecule has 0 bridgehead atoms. The molecule has 0 spiro atoms. The molecule has 1 heterocycles. The van der Waals surface area contributed by atoms with E-state index in [0.29, 0.717) is 11.0 Å². The van der Waals surface area contributed by atoms with Gasteiger partial charge in [0.1, 0.15) is 0 Å².